The van der Waals surface area contributed by atoms with E-state index in [4.69, 9.17) is 5.26 Å². The molecule has 2 aromatic rings. The molecule has 0 atom stereocenters. The molecule has 0 fully saturated rings. The Morgan fingerprint density at radius 1 is 0.950 bits per heavy atom. The molecule has 100 valence electrons. The summed E-state index contributed by atoms with van der Waals surface area (Å²) in [7, 11) is 0. The van der Waals surface area contributed by atoms with Crippen LogP contribution in [0.4, 0.5) is 0 Å². The highest BCUT2D eigenvalue weighted by Gasteiger charge is 2.04. The molecule has 0 unspecified atom stereocenters. The fourth-order valence-electron chi connectivity index (χ4n) is 1.90. The van der Waals surface area contributed by atoms with Crippen molar-refractivity contribution >= 4 is 23.5 Å². The Morgan fingerprint density at radius 2 is 1.60 bits per heavy atom. The van der Waals surface area contributed by atoms with Gasteiger partial charge in [0.2, 0.25) is 0 Å². The average molecular weight is 279 g/mol. The highest BCUT2D eigenvalue weighted by atomic mass is 32.1. The number of allylic oxidation sites excluding steroid dienone is 2. The predicted molar refractivity (Wildman–Crippen MR) is 87.8 cm³/mol. The number of rotatable bonds is 3. The molecule has 1 aromatic heterocycles. The van der Waals surface area contributed by atoms with Gasteiger partial charge in [-0.2, -0.15) is 5.26 Å². The van der Waals surface area contributed by atoms with Gasteiger partial charge in [-0.05, 0) is 55.7 Å². The molecule has 0 spiro atoms. The second-order valence-corrected chi connectivity index (χ2v) is 5.98. The average Bonchev–Trinajstić information content (AvgIpc) is 2.71. The van der Waals surface area contributed by atoms with Crippen LogP contribution in [0.2, 0.25) is 0 Å². The summed E-state index contributed by atoms with van der Waals surface area (Å²) in [5.41, 5.74) is 4.56. The van der Waals surface area contributed by atoms with Crippen molar-refractivity contribution in [3.8, 4) is 6.07 Å². The summed E-state index contributed by atoms with van der Waals surface area (Å²) in [6.07, 6.45) is 8.29. The van der Waals surface area contributed by atoms with E-state index in [0.29, 0.717) is 5.56 Å². The summed E-state index contributed by atoms with van der Waals surface area (Å²) in [5, 5.41) is 8.74. The number of hydrogen-bond donors (Lipinski definition) is 0. The van der Waals surface area contributed by atoms with Crippen molar-refractivity contribution in [3.63, 3.8) is 0 Å². The van der Waals surface area contributed by atoms with Crippen molar-refractivity contribution in [2.24, 2.45) is 0 Å². The molecule has 2 rings (SSSR count). The van der Waals surface area contributed by atoms with Crippen molar-refractivity contribution in [3.05, 3.63) is 68.4 Å². The Balaban J connectivity index is 2.07. The zero-order valence-electron chi connectivity index (χ0n) is 12.0. The molecule has 0 radical (unpaired) electrons. The first kappa shape index (κ1) is 14.3. The van der Waals surface area contributed by atoms with Crippen molar-refractivity contribution in [1.82, 2.24) is 0 Å². The molecule has 0 N–H and O–H groups in total. The van der Waals surface area contributed by atoms with Gasteiger partial charge in [0.25, 0.3) is 0 Å². The Morgan fingerprint density at radius 3 is 2.15 bits per heavy atom. The van der Waals surface area contributed by atoms with E-state index in [0.717, 1.165) is 5.56 Å². The van der Waals surface area contributed by atoms with Crippen LogP contribution in [-0.2, 0) is 0 Å². The van der Waals surface area contributed by atoms with E-state index in [1.807, 2.05) is 47.8 Å². The summed E-state index contributed by atoms with van der Waals surface area (Å²) in [4.78, 5) is 2.71. The Kier molecular flexibility index (Phi) is 4.55. The van der Waals surface area contributed by atoms with Gasteiger partial charge in [0, 0.05) is 9.75 Å². The molecular weight excluding hydrogens is 262 g/mol. The van der Waals surface area contributed by atoms with Gasteiger partial charge < -0.3 is 0 Å². The highest BCUT2D eigenvalue weighted by molar-refractivity contribution is 7.13. The number of aryl methyl sites for hydroxylation is 1. The first-order chi connectivity index (χ1) is 9.61. The lowest BCUT2D eigenvalue weighted by atomic mass is 10.1. The molecule has 1 aromatic carbocycles. The van der Waals surface area contributed by atoms with E-state index < -0.39 is 0 Å². The maximum absolute atomic E-state index is 8.74. The number of thiophene rings is 1. The van der Waals surface area contributed by atoms with Gasteiger partial charge >= 0.3 is 0 Å². The zero-order chi connectivity index (χ0) is 14.5. The normalized spacial score (nSPS) is 11.3. The zero-order valence-corrected chi connectivity index (χ0v) is 12.8. The number of hydrogen-bond acceptors (Lipinski definition) is 2. The first-order valence-corrected chi connectivity index (χ1v) is 7.35. The molecule has 1 nitrogen and oxygen atoms in total. The SMILES string of the molecule is Cc1sc(/C=C/C=C/c2ccc(C#N)cc2)c(C)c1C. The van der Waals surface area contributed by atoms with Gasteiger partial charge in [-0.25, -0.2) is 0 Å². The smallest absolute Gasteiger partial charge is 0.0991 e. The van der Waals surface area contributed by atoms with Crippen LogP contribution in [0.15, 0.2) is 36.4 Å². The molecule has 0 saturated heterocycles. The summed E-state index contributed by atoms with van der Waals surface area (Å²) < 4.78 is 0. The second-order valence-electron chi connectivity index (χ2n) is 4.72. The van der Waals surface area contributed by atoms with Gasteiger partial charge in [0.1, 0.15) is 0 Å². The third kappa shape index (κ3) is 3.26. The van der Waals surface area contributed by atoms with Crippen LogP contribution in [0.25, 0.3) is 12.2 Å². The third-order valence-electron chi connectivity index (χ3n) is 3.41. The second kappa shape index (κ2) is 6.36. The van der Waals surface area contributed by atoms with E-state index in [1.165, 1.54) is 20.9 Å². The lowest BCUT2D eigenvalue weighted by Crippen LogP contribution is -1.75. The lowest BCUT2D eigenvalue weighted by Gasteiger charge is -1.92. The topological polar surface area (TPSA) is 23.8 Å². The molecule has 0 saturated carbocycles. The molecule has 20 heavy (non-hydrogen) atoms. The standard InChI is InChI=1S/C18H17NS/c1-13-14(2)18(20-15(13)3)7-5-4-6-16-8-10-17(12-19)11-9-16/h4-11H,1-3H3/b6-4+,7-5+. The monoisotopic (exact) mass is 279 g/mol. The van der Waals surface area contributed by atoms with Crippen molar-refractivity contribution in [2.45, 2.75) is 20.8 Å². The van der Waals surface area contributed by atoms with E-state index in [9.17, 15) is 0 Å². The summed E-state index contributed by atoms with van der Waals surface area (Å²) in [5.74, 6) is 0. The van der Waals surface area contributed by atoms with E-state index >= 15 is 0 Å². The number of nitriles is 1. The van der Waals surface area contributed by atoms with Crippen LogP contribution in [0.3, 0.4) is 0 Å². The van der Waals surface area contributed by atoms with Crippen LogP contribution in [-0.4, -0.2) is 0 Å². The van der Waals surface area contributed by atoms with Gasteiger partial charge in [-0.1, -0.05) is 30.4 Å². The lowest BCUT2D eigenvalue weighted by molar-refractivity contribution is 1.34. The molecule has 2 heteroatoms. The summed E-state index contributed by atoms with van der Waals surface area (Å²) in [6, 6.07) is 9.69. The minimum Gasteiger partial charge on any atom is -0.192 e. The first-order valence-electron chi connectivity index (χ1n) is 6.53. The number of nitrogens with zero attached hydrogens (tertiary/aromatic N) is 1. The quantitative estimate of drug-likeness (QED) is 0.702. The van der Waals surface area contributed by atoms with E-state index in [-0.39, 0.29) is 0 Å². The minimum absolute atomic E-state index is 0.692. The van der Waals surface area contributed by atoms with Gasteiger partial charge in [0.05, 0.1) is 11.6 Å². The van der Waals surface area contributed by atoms with Gasteiger partial charge in [-0.3, -0.25) is 0 Å². The van der Waals surface area contributed by atoms with Gasteiger partial charge in [-0.15, -0.1) is 11.3 Å². The molecule has 1 heterocycles. The molecule has 0 bridgehead atoms. The molecule has 0 aliphatic heterocycles. The van der Waals surface area contributed by atoms with Crippen molar-refractivity contribution in [2.75, 3.05) is 0 Å². The van der Waals surface area contributed by atoms with Crippen molar-refractivity contribution in [1.29, 1.82) is 5.26 Å². The molecule has 0 aliphatic rings. The van der Waals surface area contributed by atoms with Crippen LogP contribution < -0.4 is 0 Å². The van der Waals surface area contributed by atoms with Crippen LogP contribution in [0, 0.1) is 32.1 Å². The molecule has 0 amide bonds. The Labute approximate surface area is 124 Å². The summed E-state index contributed by atoms with van der Waals surface area (Å²) in [6.45, 7) is 6.50. The van der Waals surface area contributed by atoms with Crippen LogP contribution in [0.1, 0.15) is 32.0 Å². The van der Waals surface area contributed by atoms with E-state index in [2.05, 4.69) is 39.0 Å². The molecular formula is C18H17NS. The Hall–Kier alpha value is -2.11. The van der Waals surface area contributed by atoms with Crippen molar-refractivity contribution < 1.29 is 0 Å². The fourth-order valence-corrected chi connectivity index (χ4v) is 2.99. The van der Waals surface area contributed by atoms with Crippen LogP contribution in [0.5, 0.6) is 0 Å². The minimum atomic E-state index is 0.692. The number of benzene rings is 1. The third-order valence-corrected chi connectivity index (χ3v) is 4.68. The highest BCUT2D eigenvalue weighted by Crippen LogP contribution is 2.27. The molecule has 0 aliphatic carbocycles. The fraction of sp³-hybridized carbons (Fsp3) is 0.167. The summed E-state index contributed by atoms with van der Waals surface area (Å²) >= 11 is 1.84. The maximum Gasteiger partial charge on any atom is 0.0991 e. The maximum atomic E-state index is 8.74. The van der Waals surface area contributed by atoms with Crippen LogP contribution >= 0.6 is 11.3 Å². The van der Waals surface area contributed by atoms with Gasteiger partial charge in [0.15, 0.2) is 0 Å². The predicted octanol–water partition coefficient (Wildman–Crippen LogP) is 5.27. The van der Waals surface area contributed by atoms with E-state index in [1.54, 1.807) is 0 Å². The largest absolute Gasteiger partial charge is 0.192 e. The Bertz CT molecular complexity index is 694.